The predicted octanol–water partition coefficient (Wildman–Crippen LogP) is 3.54. The molecule has 0 fully saturated rings. The fourth-order valence-electron chi connectivity index (χ4n) is 2.86. The Bertz CT molecular complexity index is 931. The van der Waals surface area contributed by atoms with Gasteiger partial charge in [0.1, 0.15) is 5.75 Å². The van der Waals surface area contributed by atoms with Crippen molar-refractivity contribution in [1.82, 2.24) is 9.55 Å². The van der Waals surface area contributed by atoms with Gasteiger partial charge in [0.25, 0.3) is 0 Å². The van der Waals surface area contributed by atoms with Crippen molar-refractivity contribution >= 4 is 17.1 Å². The van der Waals surface area contributed by atoms with E-state index in [4.69, 9.17) is 14.2 Å². The number of benzene rings is 1. The maximum atomic E-state index is 12.6. The maximum Gasteiger partial charge on any atom is 0.231 e. The van der Waals surface area contributed by atoms with E-state index in [1.807, 2.05) is 29.9 Å². The van der Waals surface area contributed by atoms with Crippen LogP contribution in [-0.2, 0) is 0 Å². The lowest BCUT2D eigenvalue weighted by molar-refractivity contribution is 0.0920. The minimum absolute atomic E-state index is 0.0399. The number of hydrogen-bond donors (Lipinski definition) is 0. The van der Waals surface area contributed by atoms with E-state index in [1.54, 1.807) is 24.4 Å². The van der Waals surface area contributed by atoms with Crippen molar-refractivity contribution in [3.63, 3.8) is 0 Å². The SMILES string of the molecule is Cc1cc(C(=O)COc2ccc3c(c2)OCO3)c(C)n1-c1nccs1. The molecule has 0 bridgehead atoms. The number of Topliss-reactive ketones (excluding diaryl/α,β-unsaturated/α-hetero) is 1. The van der Waals surface area contributed by atoms with Crippen molar-refractivity contribution in [3.05, 3.63) is 52.8 Å². The van der Waals surface area contributed by atoms with Gasteiger partial charge in [0.2, 0.25) is 12.6 Å². The molecule has 0 saturated heterocycles. The van der Waals surface area contributed by atoms with Gasteiger partial charge in [-0.15, -0.1) is 11.3 Å². The first kappa shape index (κ1) is 15.7. The zero-order valence-electron chi connectivity index (χ0n) is 13.8. The van der Waals surface area contributed by atoms with Crippen LogP contribution in [0.5, 0.6) is 17.2 Å². The standard InChI is InChI=1S/C18H16N2O4S/c1-11-7-14(12(2)20(11)18-19-5-6-25-18)15(21)9-22-13-3-4-16-17(8-13)24-10-23-16/h3-8H,9-10H2,1-2H3. The molecule has 0 atom stereocenters. The first-order valence-electron chi connectivity index (χ1n) is 7.78. The number of nitrogens with zero attached hydrogens (tertiary/aromatic N) is 2. The van der Waals surface area contributed by atoms with Crippen LogP contribution in [0.1, 0.15) is 21.7 Å². The summed E-state index contributed by atoms with van der Waals surface area (Å²) in [5, 5.41) is 2.77. The minimum Gasteiger partial charge on any atom is -0.485 e. The van der Waals surface area contributed by atoms with Crippen LogP contribution in [0.2, 0.25) is 0 Å². The molecule has 0 radical (unpaired) electrons. The Morgan fingerprint density at radius 3 is 2.92 bits per heavy atom. The van der Waals surface area contributed by atoms with Gasteiger partial charge < -0.3 is 14.2 Å². The van der Waals surface area contributed by atoms with Crippen LogP contribution in [0.3, 0.4) is 0 Å². The summed E-state index contributed by atoms with van der Waals surface area (Å²) in [7, 11) is 0. The summed E-state index contributed by atoms with van der Waals surface area (Å²) in [5.74, 6) is 1.82. The Kier molecular flexibility index (Phi) is 3.93. The van der Waals surface area contributed by atoms with Crippen molar-refractivity contribution < 1.29 is 19.0 Å². The molecule has 3 aromatic rings. The molecule has 0 N–H and O–H groups in total. The fourth-order valence-corrected chi connectivity index (χ4v) is 3.61. The van der Waals surface area contributed by atoms with Crippen molar-refractivity contribution in [2.75, 3.05) is 13.4 Å². The molecule has 1 aliphatic rings. The highest BCUT2D eigenvalue weighted by Gasteiger charge is 2.19. The van der Waals surface area contributed by atoms with E-state index in [1.165, 1.54) is 11.3 Å². The zero-order valence-corrected chi connectivity index (χ0v) is 14.6. The first-order valence-corrected chi connectivity index (χ1v) is 8.66. The van der Waals surface area contributed by atoms with E-state index in [2.05, 4.69) is 4.98 Å². The third-order valence-corrected chi connectivity index (χ3v) is 4.81. The molecule has 1 aromatic carbocycles. The van der Waals surface area contributed by atoms with Gasteiger partial charge in [0.05, 0.1) is 0 Å². The molecule has 3 heterocycles. The lowest BCUT2D eigenvalue weighted by atomic mass is 10.1. The van der Waals surface area contributed by atoms with Crippen molar-refractivity contribution in [2.45, 2.75) is 13.8 Å². The molecule has 4 rings (SSSR count). The molecule has 0 unspecified atom stereocenters. The second kappa shape index (κ2) is 6.25. The normalized spacial score (nSPS) is 12.4. The van der Waals surface area contributed by atoms with E-state index >= 15 is 0 Å². The van der Waals surface area contributed by atoms with Gasteiger partial charge in [-0.3, -0.25) is 9.36 Å². The summed E-state index contributed by atoms with van der Waals surface area (Å²) in [6, 6.07) is 7.15. The molecule has 0 spiro atoms. The van der Waals surface area contributed by atoms with Crippen molar-refractivity contribution in [1.29, 1.82) is 0 Å². The molecule has 7 heteroatoms. The number of carbonyl (C=O) groups is 1. The third kappa shape index (κ3) is 2.87. The second-order valence-electron chi connectivity index (χ2n) is 5.66. The summed E-state index contributed by atoms with van der Waals surface area (Å²) < 4.78 is 18.2. The largest absolute Gasteiger partial charge is 0.485 e. The van der Waals surface area contributed by atoms with Crippen molar-refractivity contribution in [2.24, 2.45) is 0 Å². The van der Waals surface area contributed by atoms with Crippen LogP contribution in [0.15, 0.2) is 35.8 Å². The van der Waals surface area contributed by atoms with Gasteiger partial charge in [-0.1, -0.05) is 0 Å². The number of aromatic nitrogens is 2. The Labute approximate surface area is 148 Å². The van der Waals surface area contributed by atoms with E-state index in [-0.39, 0.29) is 19.2 Å². The highest BCUT2D eigenvalue weighted by Crippen LogP contribution is 2.35. The topological polar surface area (TPSA) is 62.6 Å². The van der Waals surface area contributed by atoms with Gasteiger partial charge in [-0.25, -0.2) is 4.98 Å². The smallest absolute Gasteiger partial charge is 0.231 e. The predicted molar refractivity (Wildman–Crippen MR) is 93.3 cm³/mol. The summed E-state index contributed by atoms with van der Waals surface area (Å²) in [6.07, 6.45) is 1.75. The number of carbonyl (C=O) groups excluding carboxylic acids is 1. The third-order valence-electron chi connectivity index (χ3n) is 4.06. The van der Waals surface area contributed by atoms with E-state index < -0.39 is 0 Å². The fraction of sp³-hybridized carbons (Fsp3) is 0.222. The quantitative estimate of drug-likeness (QED) is 0.654. The van der Waals surface area contributed by atoms with E-state index in [0.29, 0.717) is 22.8 Å². The molecule has 2 aromatic heterocycles. The second-order valence-corrected chi connectivity index (χ2v) is 6.53. The van der Waals surface area contributed by atoms with E-state index in [9.17, 15) is 4.79 Å². The Morgan fingerprint density at radius 2 is 2.12 bits per heavy atom. The minimum atomic E-state index is -0.0754. The van der Waals surface area contributed by atoms with Gasteiger partial charge >= 0.3 is 0 Å². The highest BCUT2D eigenvalue weighted by atomic mass is 32.1. The lowest BCUT2D eigenvalue weighted by Crippen LogP contribution is -2.12. The molecule has 0 saturated carbocycles. The molecule has 0 amide bonds. The summed E-state index contributed by atoms with van der Waals surface area (Å²) in [4.78, 5) is 16.9. The number of aryl methyl sites for hydroxylation is 1. The molecule has 0 aliphatic carbocycles. The van der Waals surface area contributed by atoms with Gasteiger partial charge in [0.15, 0.2) is 23.2 Å². The number of ether oxygens (including phenoxy) is 3. The number of hydrogen-bond acceptors (Lipinski definition) is 6. The summed E-state index contributed by atoms with van der Waals surface area (Å²) in [6.45, 7) is 4.05. The number of rotatable bonds is 5. The Morgan fingerprint density at radius 1 is 1.28 bits per heavy atom. The average molecular weight is 356 g/mol. The lowest BCUT2D eigenvalue weighted by Gasteiger charge is -2.07. The monoisotopic (exact) mass is 356 g/mol. The molecule has 1 aliphatic heterocycles. The summed E-state index contributed by atoms with van der Waals surface area (Å²) >= 11 is 1.53. The zero-order chi connectivity index (χ0) is 17.4. The van der Waals surface area contributed by atoms with Crippen LogP contribution in [0, 0.1) is 13.8 Å². The molecular weight excluding hydrogens is 340 g/mol. The van der Waals surface area contributed by atoms with Crippen LogP contribution in [0.4, 0.5) is 0 Å². The van der Waals surface area contributed by atoms with Crippen molar-refractivity contribution in [3.8, 4) is 22.4 Å². The van der Waals surface area contributed by atoms with Crippen LogP contribution >= 0.6 is 11.3 Å². The van der Waals surface area contributed by atoms with Gasteiger partial charge in [-0.2, -0.15) is 0 Å². The number of thiazole rings is 1. The van der Waals surface area contributed by atoms with Crippen LogP contribution < -0.4 is 14.2 Å². The Hall–Kier alpha value is -2.80. The average Bonchev–Trinajstić information content (AvgIpc) is 3.32. The van der Waals surface area contributed by atoms with Crippen LogP contribution in [-0.4, -0.2) is 28.7 Å². The highest BCUT2D eigenvalue weighted by molar-refractivity contribution is 7.12. The number of ketones is 1. The molecule has 6 nitrogen and oxygen atoms in total. The van der Waals surface area contributed by atoms with Gasteiger partial charge in [0, 0.05) is 34.6 Å². The van der Waals surface area contributed by atoms with E-state index in [0.717, 1.165) is 16.5 Å². The Balaban J connectivity index is 1.51. The molecule has 25 heavy (non-hydrogen) atoms. The van der Waals surface area contributed by atoms with Crippen LogP contribution in [0.25, 0.3) is 5.13 Å². The first-order chi connectivity index (χ1) is 12.1. The molecular formula is C18H16N2O4S. The molecule has 128 valence electrons. The maximum absolute atomic E-state index is 12.6. The summed E-state index contributed by atoms with van der Waals surface area (Å²) in [5.41, 5.74) is 2.49. The van der Waals surface area contributed by atoms with Gasteiger partial charge in [-0.05, 0) is 32.0 Å². The number of fused-ring (bicyclic) bond motifs is 1.